The van der Waals surface area contributed by atoms with Crippen LogP contribution in [0.3, 0.4) is 0 Å². The number of rotatable bonds is 5. The molecule has 4 aromatic rings. The van der Waals surface area contributed by atoms with Crippen molar-refractivity contribution in [2.24, 2.45) is 0 Å². The summed E-state index contributed by atoms with van der Waals surface area (Å²) in [5.41, 5.74) is 6.52. The molecule has 1 aliphatic heterocycles. The molecule has 2 atom stereocenters. The maximum atomic E-state index is 5.87. The molecule has 0 saturated carbocycles. The van der Waals surface area contributed by atoms with Gasteiger partial charge in [-0.15, -0.1) is 0 Å². The number of ether oxygens (including phenoxy) is 1. The number of anilines is 1. The number of nitrogens with one attached hydrogen (secondary N) is 1. The van der Waals surface area contributed by atoms with Crippen molar-refractivity contribution in [3.05, 3.63) is 101 Å². The van der Waals surface area contributed by atoms with Gasteiger partial charge in [-0.2, -0.15) is 0 Å². The van der Waals surface area contributed by atoms with E-state index >= 15 is 0 Å². The van der Waals surface area contributed by atoms with Crippen molar-refractivity contribution in [1.29, 1.82) is 0 Å². The Morgan fingerprint density at radius 3 is 2.41 bits per heavy atom. The van der Waals surface area contributed by atoms with Gasteiger partial charge in [0, 0.05) is 29.5 Å². The van der Waals surface area contributed by atoms with Crippen LogP contribution < -0.4 is 15.0 Å². The van der Waals surface area contributed by atoms with E-state index in [1.165, 1.54) is 5.56 Å². The molecule has 0 aliphatic carbocycles. The summed E-state index contributed by atoms with van der Waals surface area (Å²) in [7, 11) is 1.67. The van der Waals surface area contributed by atoms with Crippen LogP contribution in [0.25, 0.3) is 5.82 Å². The summed E-state index contributed by atoms with van der Waals surface area (Å²) in [5, 5.41) is 4.21. The van der Waals surface area contributed by atoms with E-state index in [9.17, 15) is 0 Å². The Balaban J connectivity index is 1.66. The Bertz CT molecular complexity index is 1320. The van der Waals surface area contributed by atoms with Crippen molar-refractivity contribution >= 4 is 23.0 Å². The highest BCUT2D eigenvalue weighted by atomic mass is 32.1. The van der Waals surface area contributed by atoms with Crippen LogP contribution in [0.2, 0.25) is 0 Å². The Morgan fingerprint density at radius 1 is 0.971 bits per heavy atom. The van der Waals surface area contributed by atoms with Gasteiger partial charge in [0.25, 0.3) is 0 Å². The van der Waals surface area contributed by atoms with E-state index in [1.807, 2.05) is 61.8 Å². The van der Waals surface area contributed by atoms with Gasteiger partial charge < -0.3 is 19.5 Å². The lowest BCUT2D eigenvalue weighted by Gasteiger charge is -2.28. The highest BCUT2D eigenvalue weighted by Gasteiger charge is 2.42. The first-order valence-electron chi connectivity index (χ1n) is 11.2. The fourth-order valence-corrected chi connectivity index (χ4v) is 5.07. The molecule has 3 aromatic heterocycles. The second-order valence-electron chi connectivity index (χ2n) is 8.55. The predicted octanol–water partition coefficient (Wildman–Crippen LogP) is 5.38. The minimum Gasteiger partial charge on any atom is -0.497 e. The molecule has 1 aliphatic rings. The molecule has 1 saturated heterocycles. The number of aromatic nitrogens is 3. The standard InChI is InChI=1S/C27H27N5OS/c1-17-8-13-24(29-16-17)31-18(2)15-22(19(31)3)26-25(23-7-5-6-14-28-23)30-27(34)32(26)20-9-11-21(33-4)12-10-20/h5-16,25-26H,1-4H3,(H,30,34). The minimum atomic E-state index is -0.101. The molecular weight excluding hydrogens is 442 g/mol. The van der Waals surface area contributed by atoms with E-state index in [1.54, 1.807) is 7.11 Å². The SMILES string of the molecule is COc1ccc(N2C(=S)NC(c3ccccn3)C2c2cc(C)n(-c3ccc(C)cn3)c2C)cc1. The summed E-state index contributed by atoms with van der Waals surface area (Å²) in [6, 6.07) is 20.2. The van der Waals surface area contributed by atoms with Crippen LogP contribution in [0.15, 0.2) is 73.1 Å². The van der Waals surface area contributed by atoms with E-state index in [4.69, 9.17) is 17.0 Å². The number of pyridine rings is 2. The molecule has 0 amide bonds. The molecular formula is C27H27N5OS. The number of aryl methyl sites for hydroxylation is 2. The van der Waals surface area contributed by atoms with Crippen molar-refractivity contribution in [3.63, 3.8) is 0 Å². The van der Waals surface area contributed by atoms with Gasteiger partial charge in [-0.1, -0.05) is 12.1 Å². The summed E-state index contributed by atoms with van der Waals surface area (Å²) in [6.07, 6.45) is 3.73. The monoisotopic (exact) mass is 469 g/mol. The van der Waals surface area contributed by atoms with Gasteiger partial charge in [0.2, 0.25) is 0 Å². The summed E-state index contributed by atoms with van der Waals surface area (Å²) in [5.74, 6) is 1.72. The number of thiocarbonyl (C=S) groups is 1. The lowest BCUT2D eigenvalue weighted by molar-refractivity contribution is 0.415. The van der Waals surface area contributed by atoms with Crippen molar-refractivity contribution in [3.8, 4) is 11.6 Å². The second-order valence-corrected chi connectivity index (χ2v) is 8.94. The summed E-state index contributed by atoms with van der Waals surface area (Å²) < 4.78 is 7.58. The van der Waals surface area contributed by atoms with Gasteiger partial charge in [-0.3, -0.25) is 4.98 Å². The van der Waals surface area contributed by atoms with Gasteiger partial charge in [-0.05, 0) is 92.6 Å². The van der Waals surface area contributed by atoms with Crippen molar-refractivity contribution in [2.75, 3.05) is 12.0 Å². The molecule has 1 fully saturated rings. The van der Waals surface area contributed by atoms with E-state index in [0.717, 1.165) is 39.9 Å². The minimum absolute atomic E-state index is 0.0822. The maximum Gasteiger partial charge on any atom is 0.174 e. The van der Waals surface area contributed by atoms with Crippen LogP contribution in [0.4, 0.5) is 5.69 Å². The smallest absolute Gasteiger partial charge is 0.174 e. The molecule has 0 bridgehead atoms. The Kier molecular flexibility index (Phi) is 5.79. The summed E-state index contributed by atoms with van der Waals surface area (Å²) in [4.78, 5) is 11.5. The van der Waals surface area contributed by atoms with Gasteiger partial charge in [-0.25, -0.2) is 4.98 Å². The van der Waals surface area contributed by atoms with Crippen LogP contribution in [-0.4, -0.2) is 26.8 Å². The van der Waals surface area contributed by atoms with Gasteiger partial charge in [0.05, 0.1) is 24.9 Å². The number of hydrogen-bond donors (Lipinski definition) is 1. The highest BCUT2D eigenvalue weighted by molar-refractivity contribution is 7.80. The summed E-state index contributed by atoms with van der Waals surface area (Å²) in [6.45, 7) is 6.31. The Hall–Kier alpha value is -3.71. The Labute approximate surface area is 205 Å². The molecule has 0 spiro atoms. The maximum absolute atomic E-state index is 5.87. The molecule has 2 unspecified atom stereocenters. The average molecular weight is 470 g/mol. The Morgan fingerprint density at radius 2 is 1.76 bits per heavy atom. The zero-order valence-electron chi connectivity index (χ0n) is 19.7. The molecule has 1 aromatic carbocycles. The number of benzene rings is 1. The quantitative estimate of drug-likeness (QED) is 0.396. The van der Waals surface area contributed by atoms with Gasteiger partial charge >= 0.3 is 0 Å². The van der Waals surface area contributed by atoms with Gasteiger partial charge in [0.15, 0.2) is 5.11 Å². The third-order valence-electron chi connectivity index (χ3n) is 6.36. The van der Waals surface area contributed by atoms with Crippen molar-refractivity contribution in [1.82, 2.24) is 19.9 Å². The molecule has 34 heavy (non-hydrogen) atoms. The molecule has 7 heteroatoms. The lowest BCUT2D eigenvalue weighted by Crippen LogP contribution is -2.29. The zero-order chi connectivity index (χ0) is 23.8. The van der Waals surface area contributed by atoms with Crippen LogP contribution in [0, 0.1) is 20.8 Å². The predicted molar refractivity (Wildman–Crippen MR) is 139 cm³/mol. The molecule has 1 N–H and O–H groups in total. The van der Waals surface area contributed by atoms with E-state index < -0.39 is 0 Å². The first-order valence-corrected chi connectivity index (χ1v) is 11.7. The normalized spacial score (nSPS) is 17.6. The number of methoxy groups -OCH3 is 1. The number of hydrogen-bond acceptors (Lipinski definition) is 4. The van der Waals surface area contributed by atoms with Gasteiger partial charge in [0.1, 0.15) is 11.6 Å². The topological polar surface area (TPSA) is 55.2 Å². The van der Waals surface area contributed by atoms with Crippen LogP contribution in [0.5, 0.6) is 5.75 Å². The fourth-order valence-electron chi connectivity index (χ4n) is 4.72. The summed E-state index contributed by atoms with van der Waals surface area (Å²) >= 11 is 5.87. The highest BCUT2D eigenvalue weighted by Crippen LogP contribution is 2.43. The van der Waals surface area contributed by atoms with Crippen LogP contribution in [0.1, 0.15) is 40.3 Å². The van der Waals surface area contributed by atoms with Crippen molar-refractivity contribution < 1.29 is 4.74 Å². The molecule has 172 valence electrons. The van der Waals surface area contributed by atoms with Crippen LogP contribution in [-0.2, 0) is 0 Å². The van der Waals surface area contributed by atoms with E-state index in [-0.39, 0.29) is 12.1 Å². The first-order chi connectivity index (χ1) is 16.5. The molecule has 4 heterocycles. The van der Waals surface area contributed by atoms with E-state index in [2.05, 4.69) is 56.8 Å². The largest absolute Gasteiger partial charge is 0.497 e. The first kappa shape index (κ1) is 22.1. The lowest BCUT2D eigenvalue weighted by atomic mass is 9.96. The molecule has 5 rings (SSSR count). The molecule has 6 nitrogen and oxygen atoms in total. The molecule has 0 radical (unpaired) electrons. The third-order valence-corrected chi connectivity index (χ3v) is 6.68. The number of nitrogens with zero attached hydrogens (tertiary/aromatic N) is 4. The van der Waals surface area contributed by atoms with Crippen LogP contribution >= 0.6 is 12.2 Å². The second kappa shape index (κ2) is 8.91. The van der Waals surface area contributed by atoms with Crippen molar-refractivity contribution in [2.45, 2.75) is 32.9 Å². The average Bonchev–Trinajstić information content (AvgIpc) is 3.35. The fraction of sp³-hybridized carbons (Fsp3) is 0.222. The van der Waals surface area contributed by atoms with E-state index in [0.29, 0.717) is 5.11 Å². The third kappa shape index (κ3) is 3.82. The zero-order valence-corrected chi connectivity index (χ0v) is 20.5.